The number of anilines is 2. The molecule has 1 aliphatic heterocycles. The van der Waals surface area contributed by atoms with Crippen molar-refractivity contribution in [2.24, 2.45) is 0 Å². The predicted octanol–water partition coefficient (Wildman–Crippen LogP) is 4.05. The summed E-state index contributed by atoms with van der Waals surface area (Å²) in [5.41, 5.74) is 2.22. The van der Waals surface area contributed by atoms with E-state index in [1.807, 2.05) is 6.20 Å². The third-order valence-electron chi connectivity index (χ3n) is 4.78. The Morgan fingerprint density at radius 2 is 1.89 bits per heavy atom. The summed E-state index contributed by atoms with van der Waals surface area (Å²) in [6, 6.07) is 11.1. The molecule has 3 aromatic rings. The minimum Gasteiger partial charge on any atom is -0.357 e. The predicted molar refractivity (Wildman–Crippen MR) is 107 cm³/mol. The van der Waals surface area contributed by atoms with Gasteiger partial charge in [-0.25, -0.2) is 9.37 Å². The van der Waals surface area contributed by atoms with Gasteiger partial charge in [0.1, 0.15) is 16.6 Å². The lowest BCUT2D eigenvalue weighted by molar-refractivity contribution is 0.523. The van der Waals surface area contributed by atoms with Gasteiger partial charge in [0.05, 0.1) is 0 Å². The molecule has 1 fully saturated rings. The molecule has 7 heteroatoms. The second-order valence-electron chi connectivity index (χ2n) is 6.90. The molecular formula is C20H22FN5S. The maximum atomic E-state index is 13.0. The van der Waals surface area contributed by atoms with E-state index in [1.165, 1.54) is 17.7 Å². The second-order valence-corrected chi connectivity index (χ2v) is 7.97. The van der Waals surface area contributed by atoms with Gasteiger partial charge in [-0.15, -0.1) is 10.2 Å². The smallest absolute Gasteiger partial charge is 0.205 e. The van der Waals surface area contributed by atoms with Crippen molar-refractivity contribution in [2.45, 2.75) is 32.2 Å². The van der Waals surface area contributed by atoms with Crippen LogP contribution in [0, 0.1) is 12.7 Å². The third kappa shape index (κ3) is 4.60. The molecule has 0 atom stereocenters. The SMILES string of the molecule is Cc1ccc(N2CCC(Nc3nnc(Cc4ccc(F)cc4)s3)CC2)nc1. The lowest BCUT2D eigenvalue weighted by Gasteiger charge is -2.33. The van der Waals surface area contributed by atoms with Crippen LogP contribution in [0.3, 0.4) is 0 Å². The van der Waals surface area contributed by atoms with Gasteiger partial charge in [-0.1, -0.05) is 29.5 Å². The molecule has 1 N–H and O–H groups in total. The molecule has 27 heavy (non-hydrogen) atoms. The van der Waals surface area contributed by atoms with Crippen LogP contribution in [0.5, 0.6) is 0 Å². The average molecular weight is 383 g/mol. The molecule has 4 rings (SSSR count). The Balaban J connectivity index is 1.30. The summed E-state index contributed by atoms with van der Waals surface area (Å²) < 4.78 is 13.0. The van der Waals surface area contributed by atoms with E-state index in [4.69, 9.17) is 0 Å². The summed E-state index contributed by atoms with van der Waals surface area (Å²) in [5, 5.41) is 13.8. The van der Waals surface area contributed by atoms with Gasteiger partial charge in [0, 0.05) is 31.7 Å². The molecule has 1 aliphatic rings. The van der Waals surface area contributed by atoms with Crippen LogP contribution in [0.2, 0.25) is 0 Å². The number of hydrogen-bond donors (Lipinski definition) is 1. The van der Waals surface area contributed by atoms with Crippen LogP contribution in [-0.2, 0) is 6.42 Å². The Kier molecular flexibility index (Phi) is 5.29. The molecule has 0 saturated carbocycles. The van der Waals surface area contributed by atoms with E-state index < -0.39 is 0 Å². The van der Waals surface area contributed by atoms with Gasteiger partial charge in [-0.2, -0.15) is 0 Å². The van der Waals surface area contributed by atoms with Crippen molar-refractivity contribution in [3.63, 3.8) is 0 Å². The van der Waals surface area contributed by atoms with E-state index in [9.17, 15) is 4.39 Å². The Hall–Kier alpha value is -2.54. The lowest BCUT2D eigenvalue weighted by Crippen LogP contribution is -2.39. The Bertz CT molecular complexity index is 870. The van der Waals surface area contributed by atoms with Crippen LogP contribution >= 0.6 is 11.3 Å². The summed E-state index contributed by atoms with van der Waals surface area (Å²) in [4.78, 5) is 6.85. The fraction of sp³-hybridized carbons (Fsp3) is 0.350. The first-order valence-corrected chi connectivity index (χ1v) is 9.98. The first-order chi connectivity index (χ1) is 13.2. The van der Waals surface area contributed by atoms with Crippen molar-refractivity contribution >= 4 is 22.3 Å². The van der Waals surface area contributed by atoms with Crippen LogP contribution in [0.4, 0.5) is 15.3 Å². The van der Waals surface area contributed by atoms with Crippen LogP contribution in [0.1, 0.15) is 29.0 Å². The van der Waals surface area contributed by atoms with Gasteiger partial charge >= 0.3 is 0 Å². The zero-order valence-electron chi connectivity index (χ0n) is 15.2. The van der Waals surface area contributed by atoms with Gasteiger partial charge < -0.3 is 10.2 Å². The maximum absolute atomic E-state index is 13.0. The second kappa shape index (κ2) is 8.00. The highest BCUT2D eigenvalue weighted by atomic mass is 32.1. The summed E-state index contributed by atoms with van der Waals surface area (Å²) in [6.45, 7) is 4.02. The number of nitrogens with one attached hydrogen (secondary N) is 1. The standard InChI is InChI=1S/C20H22FN5S/c1-14-2-7-18(22-13-14)26-10-8-17(9-11-26)23-20-25-24-19(27-20)12-15-3-5-16(21)6-4-15/h2-7,13,17H,8-12H2,1H3,(H,23,25). The highest BCUT2D eigenvalue weighted by Crippen LogP contribution is 2.24. The Morgan fingerprint density at radius 1 is 1.11 bits per heavy atom. The molecule has 0 radical (unpaired) electrons. The van der Waals surface area contributed by atoms with Crippen LogP contribution < -0.4 is 10.2 Å². The van der Waals surface area contributed by atoms with Gasteiger partial charge in [-0.3, -0.25) is 0 Å². The molecule has 1 saturated heterocycles. The lowest BCUT2D eigenvalue weighted by atomic mass is 10.1. The number of halogens is 1. The molecule has 3 heterocycles. The van der Waals surface area contributed by atoms with Crippen LogP contribution in [0.15, 0.2) is 42.6 Å². The number of benzene rings is 1. The minimum absolute atomic E-state index is 0.217. The maximum Gasteiger partial charge on any atom is 0.205 e. The van der Waals surface area contributed by atoms with E-state index in [2.05, 4.69) is 44.5 Å². The summed E-state index contributed by atoms with van der Waals surface area (Å²) >= 11 is 1.57. The molecule has 0 unspecified atom stereocenters. The summed E-state index contributed by atoms with van der Waals surface area (Å²) in [7, 11) is 0. The number of nitrogens with zero attached hydrogens (tertiary/aromatic N) is 4. The molecule has 0 amide bonds. The molecular weight excluding hydrogens is 361 g/mol. The van der Waals surface area contributed by atoms with Crippen molar-refractivity contribution in [2.75, 3.05) is 23.3 Å². The third-order valence-corrected chi connectivity index (χ3v) is 5.63. The number of aryl methyl sites for hydroxylation is 1. The zero-order chi connectivity index (χ0) is 18.6. The van der Waals surface area contributed by atoms with Crippen LogP contribution in [-0.4, -0.2) is 34.3 Å². The number of pyridine rings is 1. The fourth-order valence-corrected chi connectivity index (χ4v) is 4.09. The van der Waals surface area contributed by atoms with Crippen molar-refractivity contribution < 1.29 is 4.39 Å². The number of hydrogen-bond acceptors (Lipinski definition) is 6. The summed E-state index contributed by atoms with van der Waals surface area (Å²) in [5.74, 6) is 0.835. The molecule has 0 spiro atoms. The number of aromatic nitrogens is 3. The first-order valence-electron chi connectivity index (χ1n) is 9.17. The largest absolute Gasteiger partial charge is 0.357 e. The van der Waals surface area contributed by atoms with E-state index >= 15 is 0 Å². The Labute approximate surface area is 162 Å². The van der Waals surface area contributed by atoms with Crippen molar-refractivity contribution in [1.29, 1.82) is 0 Å². The number of piperidine rings is 1. The molecule has 1 aromatic carbocycles. The molecule has 0 aliphatic carbocycles. The molecule has 2 aromatic heterocycles. The topological polar surface area (TPSA) is 53.9 Å². The molecule has 0 bridgehead atoms. The van der Waals surface area contributed by atoms with E-state index in [-0.39, 0.29) is 5.82 Å². The van der Waals surface area contributed by atoms with Gasteiger partial charge in [-0.05, 0) is 49.1 Å². The van der Waals surface area contributed by atoms with Gasteiger partial charge in [0.15, 0.2) is 0 Å². The van der Waals surface area contributed by atoms with Crippen molar-refractivity contribution in [3.8, 4) is 0 Å². The normalized spacial score (nSPS) is 15.1. The minimum atomic E-state index is -0.217. The van der Waals surface area contributed by atoms with Gasteiger partial charge in [0.25, 0.3) is 0 Å². The highest BCUT2D eigenvalue weighted by Gasteiger charge is 2.21. The molecule has 140 valence electrons. The van der Waals surface area contributed by atoms with E-state index in [1.54, 1.807) is 23.5 Å². The monoisotopic (exact) mass is 383 g/mol. The average Bonchev–Trinajstić information content (AvgIpc) is 3.12. The fourth-order valence-electron chi connectivity index (χ4n) is 3.23. The van der Waals surface area contributed by atoms with E-state index in [0.717, 1.165) is 47.5 Å². The van der Waals surface area contributed by atoms with Crippen molar-refractivity contribution in [1.82, 2.24) is 15.2 Å². The molecule has 5 nitrogen and oxygen atoms in total. The van der Waals surface area contributed by atoms with E-state index in [0.29, 0.717) is 12.5 Å². The number of rotatable bonds is 5. The Morgan fingerprint density at radius 3 is 2.59 bits per heavy atom. The quantitative estimate of drug-likeness (QED) is 0.720. The first kappa shape index (κ1) is 17.9. The highest BCUT2D eigenvalue weighted by molar-refractivity contribution is 7.15. The van der Waals surface area contributed by atoms with Gasteiger partial charge in [0.2, 0.25) is 5.13 Å². The van der Waals surface area contributed by atoms with Crippen molar-refractivity contribution in [3.05, 3.63) is 64.5 Å². The van der Waals surface area contributed by atoms with Crippen LogP contribution in [0.25, 0.3) is 0 Å². The zero-order valence-corrected chi connectivity index (χ0v) is 16.0. The summed E-state index contributed by atoms with van der Waals surface area (Å²) in [6.07, 6.45) is 4.69.